The summed E-state index contributed by atoms with van der Waals surface area (Å²) in [6, 6.07) is 7.25. The van der Waals surface area contributed by atoms with E-state index in [1.807, 2.05) is 26.0 Å². The van der Waals surface area contributed by atoms with Gasteiger partial charge in [-0.2, -0.15) is 5.10 Å². The molecule has 1 N–H and O–H groups in total. The average Bonchev–Trinajstić information content (AvgIpc) is 2.70. The van der Waals surface area contributed by atoms with E-state index in [4.69, 9.17) is 23.2 Å². The van der Waals surface area contributed by atoms with Gasteiger partial charge in [0.15, 0.2) is 0 Å². The maximum atomic E-state index is 12.5. The Morgan fingerprint density at radius 2 is 2.05 bits per heavy atom. The third-order valence-electron chi connectivity index (χ3n) is 3.23. The van der Waals surface area contributed by atoms with Gasteiger partial charge in [0, 0.05) is 12.1 Å². The van der Waals surface area contributed by atoms with Gasteiger partial charge in [-0.05, 0) is 31.5 Å². The van der Waals surface area contributed by atoms with Crippen LogP contribution in [0, 0.1) is 0 Å². The molecule has 1 aromatic heterocycles. The molecule has 2 rings (SSSR count). The molecule has 0 saturated carbocycles. The van der Waals surface area contributed by atoms with Crippen LogP contribution in [0.25, 0.3) is 0 Å². The lowest BCUT2D eigenvalue weighted by Crippen LogP contribution is -2.34. The molecule has 0 saturated heterocycles. The van der Waals surface area contributed by atoms with Crippen LogP contribution in [-0.2, 0) is 17.3 Å². The number of amides is 1. The molecule has 1 aromatic carbocycles. The minimum Gasteiger partial charge on any atom is -0.321 e. The van der Waals surface area contributed by atoms with E-state index >= 15 is 0 Å². The van der Waals surface area contributed by atoms with Crippen molar-refractivity contribution in [2.45, 2.75) is 19.3 Å². The van der Waals surface area contributed by atoms with Crippen LogP contribution in [0.15, 0.2) is 30.5 Å². The number of rotatable bonds is 3. The number of aromatic nitrogens is 2. The third-order valence-corrected chi connectivity index (χ3v) is 3.91. The highest BCUT2D eigenvalue weighted by atomic mass is 35.5. The van der Waals surface area contributed by atoms with Gasteiger partial charge in [-0.1, -0.05) is 35.3 Å². The maximum absolute atomic E-state index is 12.5. The standard InChI is InChI=1S/C14H15Cl2N3O/c1-14(2,9-5-4-6-10(15)7-9)13(20)18-11-8-17-19(3)12(11)16/h4-8H,1-3H3,(H,18,20). The van der Waals surface area contributed by atoms with Crippen molar-refractivity contribution in [1.82, 2.24) is 9.78 Å². The number of nitrogens with one attached hydrogen (secondary N) is 1. The van der Waals surface area contributed by atoms with Gasteiger partial charge in [0.25, 0.3) is 0 Å². The molecule has 0 bridgehead atoms. The van der Waals surface area contributed by atoms with Gasteiger partial charge >= 0.3 is 0 Å². The van der Waals surface area contributed by atoms with Gasteiger partial charge in [0.05, 0.1) is 17.3 Å². The average molecular weight is 312 g/mol. The molecule has 0 radical (unpaired) electrons. The lowest BCUT2D eigenvalue weighted by Gasteiger charge is -2.24. The highest BCUT2D eigenvalue weighted by molar-refractivity contribution is 6.32. The first kappa shape index (κ1) is 14.9. The minimum absolute atomic E-state index is 0.172. The lowest BCUT2D eigenvalue weighted by atomic mass is 9.83. The first-order chi connectivity index (χ1) is 9.32. The van der Waals surface area contributed by atoms with E-state index in [1.54, 1.807) is 19.2 Å². The molecule has 1 amide bonds. The van der Waals surface area contributed by atoms with E-state index in [-0.39, 0.29) is 5.91 Å². The summed E-state index contributed by atoms with van der Waals surface area (Å²) in [5.74, 6) is -0.172. The van der Waals surface area contributed by atoms with Crippen LogP contribution in [0.4, 0.5) is 5.69 Å². The van der Waals surface area contributed by atoms with Gasteiger partial charge in [0.2, 0.25) is 5.91 Å². The van der Waals surface area contributed by atoms with E-state index in [0.717, 1.165) is 5.56 Å². The summed E-state index contributed by atoms with van der Waals surface area (Å²) >= 11 is 12.0. The van der Waals surface area contributed by atoms with E-state index < -0.39 is 5.41 Å². The summed E-state index contributed by atoms with van der Waals surface area (Å²) in [6.45, 7) is 3.66. The van der Waals surface area contributed by atoms with Gasteiger partial charge < -0.3 is 5.32 Å². The molecule has 6 heteroatoms. The molecular formula is C14H15Cl2N3O. The van der Waals surface area contributed by atoms with Gasteiger partial charge in [0.1, 0.15) is 5.15 Å². The predicted octanol–water partition coefficient (Wildman–Crippen LogP) is 3.64. The van der Waals surface area contributed by atoms with Crippen LogP contribution in [0.2, 0.25) is 10.2 Å². The van der Waals surface area contributed by atoms with E-state index in [2.05, 4.69) is 10.4 Å². The van der Waals surface area contributed by atoms with Gasteiger partial charge in [-0.3, -0.25) is 9.48 Å². The largest absolute Gasteiger partial charge is 0.321 e. The molecule has 0 fully saturated rings. The smallest absolute Gasteiger partial charge is 0.234 e. The molecule has 0 unspecified atom stereocenters. The number of hydrogen-bond donors (Lipinski definition) is 1. The lowest BCUT2D eigenvalue weighted by molar-refractivity contribution is -0.120. The second-order valence-electron chi connectivity index (χ2n) is 5.06. The predicted molar refractivity (Wildman–Crippen MR) is 81.3 cm³/mol. The van der Waals surface area contributed by atoms with Crippen LogP contribution in [0.3, 0.4) is 0 Å². The number of nitrogens with zero attached hydrogens (tertiary/aromatic N) is 2. The first-order valence-electron chi connectivity index (χ1n) is 6.07. The van der Waals surface area contributed by atoms with E-state index in [0.29, 0.717) is 15.9 Å². The molecule has 0 aliphatic rings. The number of halogens is 2. The molecular weight excluding hydrogens is 297 g/mol. The maximum Gasteiger partial charge on any atom is 0.234 e. The zero-order valence-electron chi connectivity index (χ0n) is 11.4. The van der Waals surface area contributed by atoms with Crippen molar-refractivity contribution in [1.29, 1.82) is 0 Å². The molecule has 106 valence electrons. The Morgan fingerprint density at radius 1 is 1.35 bits per heavy atom. The minimum atomic E-state index is -0.732. The monoisotopic (exact) mass is 311 g/mol. The number of carbonyl (C=O) groups excluding carboxylic acids is 1. The molecule has 0 aliphatic carbocycles. The normalized spacial score (nSPS) is 11.4. The molecule has 2 aromatic rings. The molecule has 1 heterocycles. The second kappa shape index (κ2) is 5.46. The Balaban J connectivity index is 2.25. The fourth-order valence-corrected chi connectivity index (χ4v) is 2.12. The number of hydrogen-bond acceptors (Lipinski definition) is 2. The van der Waals surface area contributed by atoms with Crippen molar-refractivity contribution >= 4 is 34.8 Å². The quantitative estimate of drug-likeness (QED) is 0.940. The SMILES string of the molecule is Cn1ncc(NC(=O)C(C)(C)c2cccc(Cl)c2)c1Cl. The Labute approximate surface area is 127 Å². The van der Waals surface area contributed by atoms with Crippen molar-refractivity contribution in [3.63, 3.8) is 0 Å². The zero-order chi connectivity index (χ0) is 14.9. The molecule has 4 nitrogen and oxygen atoms in total. The van der Waals surface area contributed by atoms with Crippen LogP contribution >= 0.6 is 23.2 Å². The van der Waals surface area contributed by atoms with Gasteiger partial charge in [-0.25, -0.2) is 0 Å². The van der Waals surface area contributed by atoms with Crippen molar-refractivity contribution in [3.8, 4) is 0 Å². The van der Waals surface area contributed by atoms with Crippen LogP contribution in [0.1, 0.15) is 19.4 Å². The van der Waals surface area contributed by atoms with Crippen molar-refractivity contribution in [3.05, 3.63) is 46.2 Å². The van der Waals surface area contributed by atoms with Crippen molar-refractivity contribution < 1.29 is 4.79 Å². The topological polar surface area (TPSA) is 46.9 Å². The van der Waals surface area contributed by atoms with E-state index in [9.17, 15) is 4.79 Å². The number of aryl methyl sites for hydroxylation is 1. The summed E-state index contributed by atoms with van der Waals surface area (Å²) in [7, 11) is 1.71. The zero-order valence-corrected chi connectivity index (χ0v) is 13.0. The van der Waals surface area contributed by atoms with Crippen LogP contribution in [-0.4, -0.2) is 15.7 Å². The number of anilines is 1. The summed E-state index contributed by atoms with van der Waals surface area (Å²) in [5.41, 5.74) is 0.598. The highest BCUT2D eigenvalue weighted by Gasteiger charge is 2.30. The Bertz CT molecular complexity index is 650. The van der Waals surface area contributed by atoms with E-state index in [1.165, 1.54) is 10.9 Å². The molecule has 0 spiro atoms. The number of carbonyl (C=O) groups is 1. The number of benzene rings is 1. The fraction of sp³-hybridized carbons (Fsp3) is 0.286. The summed E-state index contributed by atoms with van der Waals surface area (Å²) in [6.07, 6.45) is 1.52. The van der Waals surface area contributed by atoms with Crippen molar-refractivity contribution in [2.24, 2.45) is 7.05 Å². The molecule has 0 atom stereocenters. The van der Waals surface area contributed by atoms with Crippen LogP contribution < -0.4 is 5.32 Å². The Hall–Kier alpha value is -1.52. The summed E-state index contributed by atoms with van der Waals surface area (Å²) in [4.78, 5) is 12.5. The highest BCUT2D eigenvalue weighted by Crippen LogP contribution is 2.28. The molecule has 0 aliphatic heterocycles. The Morgan fingerprint density at radius 3 is 2.60 bits per heavy atom. The fourth-order valence-electron chi connectivity index (χ4n) is 1.79. The first-order valence-corrected chi connectivity index (χ1v) is 6.83. The van der Waals surface area contributed by atoms with Crippen LogP contribution in [0.5, 0.6) is 0 Å². The third kappa shape index (κ3) is 2.81. The Kier molecular flexibility index (Phi) is 4.06. The second-order valence-corrected chi connectivity index (χ2v) is 5.86. The molecule has 20 heavy (non-hydrogen) atoms. The van der Waals surface area contributed by atoms with Crippen molar-refractivity contribution in [2.75, 3.05) is 5.32 Å². The summed E-state index contributed by atoms with van der Waals surface area (Å²) < 4.78 is 1.49. The van der Waals surface area contributed by atoms with Gasteiger partial charge in [-0.15, -0.1) is 0 Å². The summed E-state index contributed by atoms with van der Waals surface area (Å²) in [5, 5.41) is 7.77.